The third-order valence-electron chi connectivity index (χ3n) is 3.38. The van der Waals surface area contributed by atoms with Gasteiger partial charge in [-0.2, -0.15) is 0 Å². The molecule has 1 aromatic heterocycles. The van der Waals surface area contributed by atoms with Gasteiger partial charge in [0.15, 0.2) is 0 Å². The van der Waals surface area contributed by atoms with Gasteiger partial charge in [0.2, 0.25) is 0 Å². The minimum Gasteiger partial charge on any atom is -0.496 e. The predicted octanol–water partition coefficient (Wildman–Crippen LogP) is 2.77. The van der Waals surface area contributed by atoms with Crippen molar-refractivity contribution in [3.8, 4) is 5.75 Å². The van der Waals surface area contributed by atoms with Crippen LogP contribution in [0.3, 0.4) is 0 Å². The monoisotopic (exact) mass is 274 g/mol. The van der Waals surface area contributed by atoms with Gasteiger partial charge in [-0.3, -0.25) is 4.90 Å². The summed E-state index contributed by atoms with van der Waals surface area (Å²) in [5.74, 6) is 1.84. The first-order valence-electron chi connectivity index (χ1n) is 6.87. The lowest BCUT2D eigenvalue weighted by Gasteiger charge is -2.20. The van der Waals surface area contributed by atoms with Gasteiger partial charge in [0.25, 0.3) is 0 Å². The van der Waals surface area contributed by atoms with Gasteiger partial charge in [0.1, 0.15) is 11.5 Å². The Hall–Kier alpha value is -1.78. The van der Waals surface area contributed by atoms with E-state index < -0.39 is 0 Å². The van der Waals surface area contributed by atoms with Crippen LogP contribution >= 0.6 is 0 Å². The van der Waals surface area contributed by atoms with E-state index in [0.717, 1.165) is 36.7 Å². The van der Waals surface area contributed by atoms with E-state index in [4.69, 9.17) is 14.9 Å². The number of rotatable bonds is 7. The Balaban J connectivity index is 2.07. The van der Waals surface area contributed by atoms with Gasteiger partial charge >= 0.3 is 0 Å². The standard InChI is InChI=1S/C16H22N2O2/c1-3-18(12-15-5-4-8-20-15)11-13-6-7-16(19-2)14(9-13)10-17/h4-9H,3,10-12,17H2,1-2H3. The van der Waals surface area contributed by atoms with Crippen LogP contribution in [0.1, 0.15) is 23.8 Å². The zero-order valence-corrected chi connectivity index (χ0v) is 12.1. The number of nitrogens with zero attached hydrogens (tertiary/aromatic N) is 1. The molecule has 0 saturated heterocycles. The quantitative estimate of drug-likeness (QED) is 0.843. The number of benzene rings is 1. The van der Waals surface area contributed by atoms with E-state index in [-0.39, 0.29) is 0 Å². The fourth-order valence-corrected chi connectivity index (χ4v) is 2.25. The normalized spacial score (nSPS) is 11.0. The van der Waals surface area contributed by atoms with Crippen LogP contribution in [0.25, 0.3) is 0 Å². The first-order chi connectivity index (χ1) is 9.76. The molecular formula is C16H22N2O2. The van der Waals surface area contributed by atoms with Crippen molar-refractivity contribution in [3.63, 3.8) is 0 Å². The lowest BCUT2D eigenvalue weighted by atomic mass is 10.1. The maximum Gasteiger partial charge on any atom is 0.123 e. The van der Waals surface area contributed by atoms with Crippen LogP contribution < -0.4 is 10.5 Å². The summed E-state index contributed by atoms with van der Waals surface area (Å²) in [5, 5.41) is 0. The van der Waals surface area contributed by atoms with E-state index >= 15 is 0 Å². The lowest BCUT2D eigenvalue weighted by molar-refractivity contribution is 0.247. The second kappa shape index (κ2) is 7.12. The van der Waals surface area contributed by atoms with Gasteiger partial charge in [0, 0.05) is 18.7 Å². The van der Waals surface area contributed by atoms with Crippen LogP contribution in [0.2, 0.25) is 0 Å². The lowest BCUT2D eigenvalue weighted by Crippen LogP contribution is -2.22. The van der Waals surface area contributed by atoms with Crippen molar-refractivity contribution in [1.29, 1.82) is 0 Å². The average Bonchev–Trinajstić information content (AvgIpc) is 2.99. The molecule has 108 valence electrons. The van der Waals surface area contributed by atoms with E-state index in [2.05, 4.69) is 24.0 Å². The molecule has 0 unspecified atom stereocenters. The number of ether oxygens (including phenoxy) is 1. The summed E-state index contributed by atoms with van der Waals surface area (Å²) in [5.41, 5.74) is 8.04. The molecule has 2 aromatic rings. The van der Waals surface area contributed by atoms with Crippen LogP contribution in [0, 0.1) is 0 Å². The summed E-state index contributed by atoms with van der Waals surface area (Å²) in [6.07, 6.45) is 1.71. The summed E-state index contributed by atoms with van der Waals surface area (Å²) in [6, 6.07) is 10.1. The van der Waals surface area contributed by atoms with Crippen molar-refractivity contribution >= 4 is 0 Å². The molecule has 1 aromatic carbocycles. The van der Waals surface area contributed by atoms with Crippen molar-refractivity contribution < 1.29 is 9.15 Å². The summed E-state index contributed by atoms with van der Waals surface area (Å²) in [7, 11) is 1.67. The maximum absolute atomic E-state index is 5.76. The molecule has 0 atom stereocenters. The van der Waals surface area contributed by atoms with E-state index in [0.29, 0.717) is 6.54 Å². The summed E-state index contributed by atoms with van der Waals surface area (Å²) in [4.78, 5) is 2.32. The number of hydrogen-bond acceptors (Lipinski definition) is 4. The van der Waals surface area contributed by atoms with Crippen LogP contribution in [0.5, 0.6) is 5.75 Å². The summed E-state index contributed by atoms with van der Waals surface area (Å²) < 4.78 is 10.7. The highest BCUT2D eigenvalue weighted by molar-refractivity contribution is 5.37. The molecule has 4 heteroatoms. The highest BCUT2D eigenvalue weighted by atomic mass is 16.5. The molecule has 2 rings (SSSR count). The highest BCUT2D eigenvalue weighted by Crippen LogP contribution is 2.20. The van der Waals surface area contributed by atoms with Crippen molar-refractivity contribution in [2.45, 2.75) is 26.6 Å². The second-order valence-corrected chi connectivity index (χ2v) is 4.73. The Morgan fingerprint density at radius 1 is 1.25 bits per heavy atom. The summed E-state index contributed by atoms with van der Waals surface area (Å²) in [6.45, 7) is 5.28. The van der Waals surface area contributed by atoms with Crippen molar-refractivity contribution in [1.82, 2.24) is 4.90 Å². The molecule has 20 heavy (non-hydrogen) atoms. The molecule has 1 heterocycles. The third-order valence-corrected chi connectivity index (χ3v) is 3.38. The maximum atomic E-state index is 5.76. The van der Waals surface area contributed by atoms with Gasteiger partial charge in [-0.1, -0.05) is 13.0 Å². The molecule has 2 N–H and O–H groups in total. The Morgan fingerprint density at radius 3 is 2.70 bits per heavy atom. The average molecular weight is 274 g/mol. The molecule has 0 amide bonds. The van der Waals surface area contributed by atoms with Crippen molar-refractivity contribution in [3.05, 3.63) is 53.5 Å². The smallest absolute Gasteiger partial charge is 0.123 e. The molecule has 0 saturated carbocycles. The number of furan rings is 1. The van der Waals surface area contributed by atoms with E-state index in [1.165, 1.54) is 5.56 Å². The molecule has 0 fully saturated rings. The molecule has 4 nitrogen and oxygen atoms in total. The Kier molecular flexibility index (Phi) is 5.21. The molecule has 0 aliphatic carbocycles. The minimum atomic E-state index is 0.487. The SMILES string of the molecule is CCN(Cc1ccc(OC)c(CN)c1)Cc1ccco1. The predicted molar refractivity (Wildman–Crippen MR) is 79.4 cm³/mol. The Labute approximate surface area is 120 Å². The van der Waals surface area contributed by atoms with Gasteiger partial charge in [-0.05, 0) is 36.4 Å². The second-order valence-electron chi connectivity index (χ2n) is 4.73. The van der Waals surface area contributed by atoms with Crippen LogP contribution in [-0.2, 0) is 19.6 Å². The van der Waals surface area contributed by atoms with Gasteiger partial charge < -0.3 is 14.9 Å². The molecule has 0 aliphatic heterocycles. The molecule has 0 bridgehead atoms. The first kappa shape index (κ1) is 14.6. The third kappa shape index (κ3) is 3.62. The largest absolute Gasteiger partial charge is 0.496 e. The highest BCUT2D eigenvalue weighted by Gasteiger charge is 2.09. The molecule has 0 spiro atoms. The van der Waals surface area contributed by atoms with Gasteiger partial charge in [-0.15, -0.1) is 0 Å². The van der Waals surface area contributed by atoms with E-state index in [1.807, 2.05) is 18.2 Å². The fourth-order valence-electron chi connectivity index (χ4n) is 2.25. The molecular weight excluding hydrogens is 252 g/mol. The number of hydrogen-bond donors (Lipinski definition) is 1. The van der Waals surface area contributed by atoms with Crippen LogP contribution in [0.15, 0.2) is 41.0 Å². The van der Waals surface area contributed by atoms with E-state index in [9.17, 15) is 0 Å². The van der Waals surface area contributed by atoms with Crippen LogP contribution in [0.4, 0.5) is 0 Å². The minimum absolute atomic E-state index is 0.487. The first-order valence-corrected chi connectivity index (χ1v) is 6.87. The summed E-state index contributed by atoms with van der Waals surface area (Å²) >= 11 is 0. The Morgan fingerprint density at radius 2 is 2.10 bits per heavy atom. The van der Waals surface area contributed by atoms with Crippen molar-refractivity contribution in [2.24, 2.45) is 5.73 Å². The van der Waals surface area contributed by atoms with Gasteiger partial charge in [-0.25, -0.2) is 0 Å². The number of nitrogens with two attached hydrogens (primary N) is 1. The Bertz CT molecular complexity index is 523. The zero-order valence-electron chi connectivity index (χ0n) is 12.1. The van der Waals surface area contributed by atoms with Gasteiger partial charge in [0.05, 0.1) is 19.9 Å². The molecule has 0 radical (unpaired) electrons. The zero-order chi connectivity index (χ0) is 14.4. The fraction of sp³-hybridized carbons (Fsp3) is 0.375. The van der Waals surface area contributed by atoms with Crippen molar-refractivity contribution in [2.75, 3.05) is 13.7 Å². The number of methoxy groups -OCH3 is 1. The topological polar surface area (TPSA) is 51.6 Å². The molecule has 0 aliphatic rings. The van der Waals surface area contributed by atoms with E-state index in [1.54, 1.807) is 13.4 Å². The van der Waals surface area contributed by atoms with Crippen LogP contribution in [-0.4, -0.2) is 18.6 Å².